The molecule has 0 radical (unpaired) electrons. The molecular formula is C16H17Cl2N3O3S. The number of rotatable bonds is 4. The molecule has 0 aliphatic heterocycles. The first kappa shape index (κ1) is 19.5. The zero-order chi connectivity index (χ0) is 18.8. The van der Waals surface area contributed by atoms with E-state index in [-0.39, 0.29) is 26.8 Å². The molecule has 1 heterocycles. The van der Waals surface area contributed by atoms with Gasteiger partial charge < -0.3 is 5.32 Å². The molecule has 0 aliphatic carbocycles. The quantitative estimate of drug-likeness (QED) is 0.752. The van der Waals surface area contributed by atoms with Crippen LogP contribution in [0, 0.1) is 5.41 Å². The van der Waals surface area contributed by atoms with E-state index in [1.54, 1.807) is 39.0 Å². The number of amides is 1. The van der Waals surface area contributed by atoms with Crippen molar-refractivity contribution in [2.24, 2.45) is 5.41 Å². The summed E-state index contributed by atoms with van der Waals surface area (Å²) >= 11 is 11.5. The topological polar surface area (TPSA) is 88.2 Å². The van der Waals surface area contributed by atoms with Gasteiger partial charge in [0.05, 0.1) is 5.69 Å². The smallest absolute Gasteiger partial charge is 0.264 e. The number of halogens is 2. The molecule has 2 aromatic rings. The minimum atomic E-state index is -3.95. The summed E-state index contributed by atoms with van der Waals surface area (Å²) in [6.07, 6.45) is 0. The number of hydrogen-bond acceptors (Lipinski definition) is 4. The first-order valence-electron chi connectivity index (χ1n) is 7.25. The van der Waals surface area contributed by atoms with E-state index >= 15 is 0 Å². The molecule has 0 bridgehead atoms. The predicted molar refractivity (Wildman–Crippen MR) is 99.6 cm³/mol. The Morgan fingerprint density at radius 2 is 1.72 bits per heavy atom. The molecule has 0 atom stereocenters. The van der Waals surface area contributed by atoms with Crippen molar-refractivity contribution in [1.82, 2.24) is 4.98 Å². The standard InChI is InChI=1S/C16H17Cl2N3O3S/c1-16(2,3)15(22)19-10-5-4-6-11(9-10)21-25(23,24)12-7-8-13(17)20-14(12)18/h4-9,21H,1-3H3,(H,19,22). The maximum absolute atomic E-state index is 12.5. The molecule has 0 fully saturated rings. The van der Waals surface area contributed by atoms with Gasteiger partial charge in [0.25, 0.3) is 10.0 Å². The lowest BCUT2D eigenvalue weighted by Gasteiger charge is -2.18. The largest absolute Gasteiger partial charge is 0.326 e. The highest BCUT2D eigenvalue weighted by atomic mass is 35.5. The number of anilines is 2. The molecule has 0 spiro atoms. The third kappa shape index (κ3) is 5.07. The Hall–Kier alpha value is -1.83. The SMILES string of the molecule is CC(C)(C)C(=O)Nc1cccc(NS(=O)(=O)c2ccc(Cl)nc2Cl)c1. The van der Waals surface area contributed by atoms with Crippen molar-refractivity contribution >= 4 is 50.5 Å². The highest BCUT2D eigenvalue weighted by Gasteiger charge is 2.22. The van der Waals surface area contributed by atoms with E-state index in [2.05, 4.69) is 15.0 Å². The number of sulfonamides is 1. The summed E-state index contributed by atoms with van der Waals surface area (Å²) in [5.74, 6) is -0.183. The molecule has 1 aromatic carbocycles. The Morgan fingerprint density at radius 1 is 1.08 bits per heavy atom. The fourth-order valence-electron chi connectivity index (χ4n) is 1.79. The van der Waals surface area contributed by atoms with Gasteiger partial charge in [0.1, 0.15) is 10.0 Å². The van der Waals surface area contributed by atoms with Crippen LogP contribution in [0.15, 0.2) is 41.3 Å². The third-order valence-electron chi connectivity index (χ3n) is 3.12. The summed E-state index contributed by atoms with van der Waals surface area (Å²) in [4.78, 5) is 15.6. The van der Waals surface area contributed by atoms with E-state index in [9.17, 15) is 13.2 Å². The molecular weight excluding hydrogens is 385 g/mol. The second kappa shape index (κ2) is 7.19. The minimum absolute atomic E-state index is 0.0934. The lowest BCUT2D eigenvalue weighted by atomic mass is 9.95. The Kier molecular flexibility index (Phi) is 5.61. The average molecular weight is 402 g/mol. The van der Waals surface area contributed by atoms with Crippen molar-refractivity contribution in [3.63, 3.8) is 0 Å². The fraction of sp³-hybridized carbons (Fsp3) is 0.250. The molecule has 9 heteroatoms. The van der Waals surface area contributed by atoms with E-state index in [0.29, 0.717) is 5.69 Å². The van der Waals surface area contributed by atoms with Crippen molar-refractivity contribution in [2.75, 3.05) is 10.0 Å². The molecule has 0 unspecified atom stereocenters. The monoisotopic (exact) mass is 401 g/mol. The molecule has 0 saturated heterocycles. The van der Waals surface area contributed by atoms with Crippen LogP contribution in [0.1, 0.15) is 20.8 Å². The number of nitrogens with one attached hydrogen (secondary N) is 2. The zero-order valence-corrected chi connectivity index (χ0v) is 16.1. The van der Waals surface area contributed by atoms with Crippen LogP contribution in [-0.2, 0) is 14.8 Å². The maximum Gasteiger partial charge on any atom is 0.264 e. The molecule has 1 amide bonds. The van der Waals surface area contributed by atoms with Gasteiger partial charge in [0.15, 0.2) is 5.15 Å². The molecule has 2 rings (SSSR count). The summed E-state index contributed by atoms with van der Waals surface area (Å²) in [6.45, 7) is 5.35. The summed E-state index contributed by atoms with van der Waals surface area (Å²) in [7, 11) is -3.95. The van der Waals surface area contributed by atoms with E-state index < -0.39 is 15.4 Å². The summed E-state index contributed by atoms with van der Waals surface area (Å²) in [6, 6.07) is 8.96. The second-order valence-electron chi connectivity index (χ2n) is 6.31. The first-order valence-corrected chi connectivity index (χ1v) is 9.49. The van der Waals surface area contributed by atoms with Gasteiger partial charge in [-0.3, -0.25) is 9.52 Å². The van der Waals surface area contributed by atoms with Crippen molar-refractivity contribution < 1.29 is 13.2 Å². The minimum Gasteiger partial charge on any atom is -0.326 e. The van der Waals surface area contributed by atoms with Crippen LogP contribution in [0.25, 0.3) is 0 Å². The van der Waals surface area contributed by atoms with Crippen LogP contribution in [0.2, 0.25) is 10.3 Å². The van der Waals surface area contributed by atoms with E-state index in [1.165, 1.54) is 18.2 Å². The number of nitrogens with zero attached hydrogens (tertiary/aromatic N) is 1. The van der Waals surface area contributed by atoms with Crippen LogP contribution >= 0.6 is 23.2 Å². The van der Waals surface area contributed by atoms with Gasteiger partial charge in [-0.2, -0.15) is 0 Å². The Morgan fingerprint density at radius 3 is 2.32 bits per heavy atom. The summed E-state index contributed by atoms with van der Waals surface area (Å²) < 4.78 is 27.3. The van der Waals surface area contributed by atoms with Gasteiger partial charge >= 0.3 is 0 Å². The Labute approximate surface area is 156 Å². The Balaban J connectivity index is 2.25. The zero-order valence-electron chi connectivity index (χ0n) is 13.8. The lowest BCUT2D eigenvalue weighted by molar-refractivity contribution is -0.123. The third-order valence-corrected chi connectivity index (χ3v) is 5.15. The summed E-state index contributed by atoms with van der Waals surface area (Å²) in [5.41, 5.74) is 0.177. The summed E-state index contributed by atoms with van der Waals surface area (Å²) in [5, 5.41) is 2.61. The molecule has 1 aromatic heterocycles. The molecule has 0 aliphatic rings. The number of pyridine rings is 1. The second-order valence-corrected chi connectivity index (χ2v) is 8.71. The molecule has 25 heavy (non-hydrogen) atoms. The van der Waals surface area contributed by atoms with Crippen molar-refractivity contribution in [2.45, 2.75) is 25.7 Å². The van der Waals surface area contributed by atoms with Crippen molar-refractivity contribution in [3.8, 4) is 0 Å². The molecule has 0 saturated carbocycles. The van der Waals surface area contributed by atoms with Gasteiger partial charge in [-0.25, -0.2) is 13.4 Å². The highest BCUT2D eigenvalue weighted by molar-refractivity contribution is 7.92. The Bertz CT molecular complexity index is 909. The van der Waals surface area contributed by atoms with Gasteiger partial charge in [-0.1, -0.05) is 50.0 Å². The van der Waals surface area contributed by atoms with Crippen molar-refractivity contribution in [3.05, 3.63) is 46.7 Å². The normalized spacial score (nSPS) is 11.9. The predicted octanol–water partition coefficient (Wildman–Crippen LogP) is 4.17. The van der Waals surface area contributed by atoms with Crippen LogP contribution in [0.5, 0.6) is 0 Å². The average Bonchev–Trinajstić information content (AvgIpc) is 2.45. The van der Waals surface area contributed by atoms with Gasteiger partial charge in [0.2, 0.25) is 5.91 Å². The number of carbonyl (C=O) groups is 1. The number of aromatic nitrogens is 1. The lowest BCUT2D eigenvalue weighted by Crippen LogP contribution is -2.27. The van der Waals surface area contributed by atoms with E-state index in [1.807, 2.05) is 0 Å². The van der Waals surface area contributed by atoms with Crippen LogP contribution in [-0.4, -0.2) is 19.3 Å². The highest BCUT2D eigenvalue weighted by Crippen LogP contribution is 2.25. The number of hydrogen-bond donors (Lipinski definition) is 2. The van der Waals surface area contributed by atoms with Gasteiger partial charge in [0, 0.05) is 11.1 Å². The molecule has 134 valence electrons. The van der Waals surface area contributed by atoms with E-state index in [4.69, 9.17) is 23.2 Å². The van der Waals surface area contributed by atoms with Gasteiger partial charge in [-0.05, 0) is 30.3 Å². The molecule has 6 nitrogen and oxygen atoms in total. The first-order chi connectivity index (χ1) is 11.5. The number of benzene rings is 1. The van der Waals surface area contributed by atoms with Crippen LogP contribution in [0.4, 0.5) is 11.4 Å². The van der Waals surface area contributed by atoms with Gasteiger partial charge in [-0.15, -0.1) is 0 Å². The van der Waals surface area contributed by atoms with Crippen LogP contribution in [0.3, 0.4) is 0 Å². The number of carbonyl (C=O) groups excluding carboxylic acids is 1. The van der Waals surface area contributed by atoms with Crippen molar-refractivity contribution in [1.29, 1.82) is 0 Å². The van der Waals surface area contributed by atoms with Crippen LogP contribution < -0.4 is 10.0 Å². The fourth-order valence-corrected chi connectivity index (χ4v) is 3.50. The van der Waals surface area contributed by atoms with E-state index in [0.717, 1.165) is 0 Å². The maximum atomic E-state index is 12.5. The molecule has 2 N–H and O–H groups in total.